The highest BCUT2D eigenvalue weighted by molar-refractivity contribution is 5.78. The van der Waals surface area contributed by atoms with Crippen molar-refractivity contribution in [3.8, 4) is 6.07 Å². The van der Waals surface area contributed by atoms with Crippen molar-refractivity contribution in [1.82, 2.24) is 4.90 Å². The Balaban J connectivity index is 2.58. The minimum atomic E-state index is -0.0687. The van der Waals surface area contributed by atoms with E-state index in [9.17, 15) is 4.79 Å². The van der Waals surface area contributed by atoms with E-state index in [0.29, 0.717) is 6.54 Å². The van der Waals surface area contributed by atoms with Crippen LogP contribution < -0.4 is 5.73 Å². The summed E-state index contributed by atoms with van der Waals surface area (Å²) >= 11 is 0. The van der Waals surface area contributed by atoms with Gasteiger partial charge in [-0.3, -0.25) is 4.79 Å². The molecule has 4 nitrogen and oxygen atoms in total. The van der Waals surface area contributed by atoms with E-state index in [-0.39, 0.29) is 24.4 Å². The normalized spacial score (nSPS) is 13.2. The highest BCUT2D eigenvalue weighted by Crippen LogP contribution is 2.14. The Bertz CT molecular complexity index is 465. The van der Waals surface area contributed by atoms with Gasteiger partial charge in [0.1, 0.15) is 6.54 Å². The van der Waals surface area contributed by atoms with Crippen LogP contribution in [0.3, 0.4) is 0 Å². The molecule has 2 atom stereocenters. The van der Waals surface area contributed by atoms with Gasteiger partial charge in [-0.2, -0.15) is 5.26 Å². The molecule has 2 unspecified atom stereocenters. The molecule has 2 N–H and O–H groups in total. The van der Waals surface area contributed by atoms with Crippen LogP contribution in [-0.2, 0) is 11.3 Å². The van der Waals surface area contributed by atoms with E-state index in [1.807, 2.05) is 44.2 Å². The lowest BCUT2D eigenvalue weighted by molar-refractivity contribution is -0.135. The van der Waals surface area contributed by atoms with Crippen LogP contribution >= 0.6 is 0 Å². The van der Waals surface area contributed by atoms with Gasteiger partial charge in [0.05, 0.1) is 6.07 Å². The summed E-state index contributed by atoms with van der Waals surface area (Å²) in [7, 11) is 0. The molecule has 4 heteroatoms. The summed E-state index contributed by atoms with van der Waals surface area (Å²) in [6.07, 6.45) is 2.68. The van der Waals surface area contributed by atoms with Crippen molar-refractivity contribution >= 4 is 5.91 Å². The first-order valence-corrected chi connectivity index (χ1v) is 7.49. The van der Waals surface area contributed by atoms with Gasteiger partial charge in [0.25, 0.3) is 0 Å². The van der Waals surface area contributed by atoms with Crippen LogP contribution in [0.5, 0.6) is 0 Å². The zero-order valence-electron chi connectivity index (χ0n) is 13.0. The van der Waals surface area contributed by atoms with Crippen LogP contribution in [0, 0.1) is 17.2 Å². The minimum absolute atomic E-state index is 0.0464. The molecule has 21 heavy (non-hydrogen) atoms. The molecule has 114 valence electrons. The molecule has 1 aromatic rings. The van der Waals surface area contributed by atoms with E-state index in [0.717, 1.165) is 24.8 Å². The number of rotatable bonds is 8. The summed E-state index contributed by atoms with van der Waals surface area (Å²) in [5.74, 6) is -0.0223. The molecule has 0 aliphatic rings. The van der Waals surface area contributed by atoms with E-state index in [1.54, 1.807) is 4.90 Å². The average molecular weight is 287 g/mol. The van der Waals surface area contributed by atoms with Crippen molar-refractivity contribution < 1.29 is 4.79 Å². The molecule has 0 aliphatic carbocycles. The molecule has 0 heterocycles. The minimum Gasteiger partial charge on any atom is -0.328 e. The highest BCUT2D eigenvalue weighted by atomic mass is 16.2. The SMILES string of the molecule is CC(N)CCCC(C)C(=O)N(CC#N)Cc1ccccc1. The quantitative estimate of drug-likeness (QED) is 0.747. The Morgan fingerprint density at radius 2 is 1.95 bits per heavy atom. The van der Waals surface area contributed by atoms with Crippen LogP contribution in [0.4, 0.5) is 0 Å². The molecule has 0 aromatic heterocycles. The predicted molar refractivity (Wildman–Crippen MR) is 84.1 cm³/mol. The van der Waals surface area contributed by atoms with Gasteiger partial charge in [-0.25, -0.2) is 0 Å². The van der Waals surface area contributed by atoms with Gasteiger partial charge in [-0.15, -0.1) is 0 Å². The Morgan fingerprint density at radius 1 is 1.29 bits per heavy atom. The molecule has 1 aromatic carbocycles. The summed E-state index contributed by atoms with van der Waals surface area (Å²) in [6.45, 7) is 4.53. The fraction of sp³-hybridized carbons (Fsp3) is 0.529. The Kier molecular flexibility index (Phi) is 7.49. The van der Waals surface area contributed by atoms with Crippen LogP contribution in [0.15, 0.2) is 30.3 Å². The van der Waals surface area contributed by atoms with Crippen LogP contribution in [0.25, 0.3) is 0 Å². The number of nitriles is 1. The Morgan fingerprint density at radius 3 is 2.52 bits per heavy atom. The maximum Gasteiger partial charge on any atom is 0.226 e. The van der Waals surface area contributed by atoms with Crippen molar-refractivity contribution in [2.45, 2.75) is 45.7 Å². The Hall–Kier alpha value is -1.86. The molecule has 0 spiro atoms. The monoisotopic (exact) mass is 287 g/mol. The predicted octanol–water partition coefficient (Wildman–Crippen LogP) is 2.69. The molecule has 1 rings (SSSR count). The largest absolute Gasteiger partial charge is 0.328 e. The lowest BCUT2D eigenvalue weighted by Crippen LogP contribution is -2.35. The van der Waals surface area contributed by atoms with E-state index < -0.39 is 0 Å². The zero-order valence-corrected chi connectivity index (χ0v) is 13.0. The van der Waals surface area contributed by atoms with Crippen LogP contribution in [0.1, 0.15) is 38.7 Å². The van der Waals surface area contributed by atoms with E-state index in [2.05, 4.69) is 6.07 Å². The lowest BCUT2D eigenvalue weighted by Gasteiger charge is -2.23. The fourth-order valence-electron chi connectivity index (χ4n) is 2.28. The van der Waals surface area contributed by atoms with Crippen LogP contribution in [-0.4, -0.2) is 23.4 Å². The lowest BCUT2D eigenvalue weighted by atomic mass is 10.0. The number of nitrogens with zero attached hydrogens (tertiary/aromatic N) is 2. The van der Waals surface area contributed by atoms with Gasteiger partial charge in [0, 0.05) is 18.5 Å². The Labute approximate surface area is 127 Å². The maximum atomic E-state index is 12.5. The van der Waals surface area contributed by atoms with Crippen molar-refractivity contribution in [1.29, 1.82) is 5.26 Å². The van der Waals surface area contributed by atoms with Crippen molar-refractivity contribution in [3.05, 3.63) is 35.9 Å². The highest BCUT2D eigenvalue weighted by Gasteiger charge is 2.20. The van der Waals surface area contributed by atoms with Gasteiger partial charge in [0.15, 0.2) is 0 Å². The number of benzene rings is 1. The average Bonchev–Trinajstić information content (AvgIpc) is 2.46. The van der Waals surface area contributed by atoms with Crippen molar-refractivity contribution in [2.24, 2.45) is 11.7 Å². The standard InChI is InChI=1S/C17H25N3O/c1-14(7-6-8-15(2)19)17(21)20(12-11-18)13-16-9-4-3-5-10-16/h3-5,9-10,14-15H,6-8,12-13,19H2,1-2H3. The topological polar surface area (TPSA) is 70.1 Å². The molecular formula is C17H25N3O. The second-order valence-corrected chi connectivity index (χ2v) is 5.65. The molecule has 0 saturated carbocycles. The molecular weight excluding hydrogens is 262 g/mol. The summed E-state index contributed by atoms with van der Waals surface area (Å²) in [6, 6.07) is 12.0. The first-order valence-electron chi connectivity index (χ1n) is 7.49. The second-order valence-electron chi connectivity index (χ2n) is 5.65. The third kappa shape index (κ3) is 6.42. The molecule has 0 fully saturated rings. The number of hydrogen-bond acceptors (Lipinski definition) is 3. The maximum absolute atomic E-state index is 12.5. The van der Waals surface area contributed by atoms with Crippen molar-refractivity contribution in [3.63, 3.8) is 0 Å². The summed E-state index contributed by atoms with van der Waals surface area (Å²) in [5.41, 5.74) is 6.77. The summed E-state index contributed by atoms with van der Waals surface area (Å²) < 4.78 is 0. The first-order chi connectivity index (χ1) is 10.0. The zero-order chi connectivity index (χ0) is 15.7. The number of carbonyl (C=O) groups excluding carboxylic acids is 1. The van der Waals surface area contributed by atoms with Gasteiger partial charge in [0.2, 0.25) is 5.91 Å². The van der Waals surface area contributed by atoms with Gasteiger partial charge >= 0.3 is 0 Å². The van der Waals surface area contributed by atoms with Crippen molar-refractivity contribution in [2.75, 3.05) is 6.54 Å². The summed E-state index contributed by atoms with van der Waals surface area (Å²) in [5, 5.41) is 8.93. The van der Waals surface area contributed by atoms with Gasteiger partial charge in [-0.1, -0.05) is 43.7 Å². The number of amides is 1. The van der Waals surface area contributed by atoms with Gasteiger partial charge in [-0.05, 0) is 25.3 Å². The smallest absolute Gasteiger partial charge is 0.226 e. The fourth-order valence-corrected chi connectivity index (χ4v) is 2.28. The molecule has 0 saturated heterocycles. The van der Waals surface area contributed by atoms with Gasteiger partial charge < -0.3 is 10.6 Å². The number of hydrogen-bond donors (Lipinski definition) is 1. The summed E-state index contributed by atoms with van der Waals surface area (Å²) in [4.78, 5) is 14.1. The van der Waals surface area contributed by atoms with E-state index in [1.165, 1.54) is 0 Å². The molecule has 0 radical (unpaired) electrons. The van der Waals surface area contributed by atoms with E-state index >= 15 is 0 Å². The third-order valence-corrected chi connectivity index (χ3v) is 3.51. The third-order valence-electron chi connectivity index (χ3n) is 3.51. The van der Waals surface area contributed by atoms with E-state index in [4.69, 9.17) is 11.0 Å². The second kappa shape index (κ2) is 9.15. The molecule has 0 aliphatic heterocycles. The number of nitrogens with two attached hydrogens (primary N) is 1. The number of carbonyl (C=O) groups is 1. The first kappa shape index (κ1) is 17.2. The molecule has 1 amide bonds. The van der Waals surface area contributed by atoms with Crippen LogP contribution in [0.2, 0.25) is 0 Å². The molecule has 0 bridgehead atoms.